The molecule has 0 aliphatic heterocycles. The first-order chi connectivity index (χ1) is 13.7. The molecule has 28 heavy (non-hydrogen) atoms. The quantitative estimate of drug-likeness (QED) is 0.173. The number of hydrogen-bond acceptors (Lipinski definition) is 2. The van der Waals surface area contributed by atoms with Gasteiger partial charge in [-0.2, -0.15) is 0 Å². The lowest BCUT2D eigenvalue weighted by atomic mass is 9.85. The van der Waals surface area contributed by atoms with E-state index in [9.17, 15) is 9.18 Å². The molecule has 130 valence electrons. The van der Waals surface area contributed by atoms with Crippen LogP contribution >= 0.6 is 0 Å². The second-order valence-corrected chi connectivity index (χ2v) is 7.40. The first kappa shape index (κ1) is 14.4. The largest absolute Gasteiger partial charge is 0.422 e. The predicted molar refractivity (Wildman–Crippen MR) is 112 cm³/mol. The highest BCUT2D eigenvalue weighted by Gasteiger charge is 2.22. The molecular weight excluding hydrogens is 351 g/mol. The van der Waals surface area contributed by atoms with Gasteiger partial charge >= 0.3 is 5.63 Å². The minimum Gasteiger partial charge on any atom is -0.422 e. The average Bonchev–Trinajstić information content (AvgIpc) is 2.71. The van der Waals surface area contributed by atoms with E-state index < -0.39 is 0 Å². The molecular formula is C25H11FO2. The van der Waals surface area contributed by atoms with Gasteiger partial charge in [-0.1, -0.05) is 48.5 Å². The van der Waals surface area contributed by atoms with E-state index in [-0.39, 0.29) is 11.4 Å². The molecule has 7 rings (SSSR count). The van der Waals surface area contributed by atoms with Crippen molar-refractivity contribution in [3.05, 3.63) is 83.0 Å². The minimum absolute atomic E-state index is 0.315. The Morgan fingerprint density at radius 2 is 1.32 bits per heavy atom. The van der Waals surface area contributed by atoms with Crippen molar-refractivity contribution in [2.24, 2.45) is 0 Å². The number of fused-ring (bicyclic) bond motifs is 4. The summed E-state index contributed by atoms with van der Waals surface area (Å²) >= 11 is 0. The monoisotopic (exact) mass is 362 g/mol. The van der Waals surface area contributed by atoms with Crippen LogP contribution in [-0.2, 0) is 0 Å². The minimum atomic E-state index is -0.380. The van der Waals surface area contributed by atoms with Gasteiger partial charge in [0.25, 0.3) is 0 Å². The molecule has 0 radical (unpaired) electrons. The highest BCUT2D eigenvalue weighted by Crippen LogP contribution is 2.46. The summed E-state index contributed by atoms with van der Waals surface area (Å²) in [5.74, 6) is -0.315. The topological polar surface area (TPSA) is 30.2 Å². The van der Waals surface area contributed by atoms with Gasteiger partial charge in [0.1, 0.15) is 11.4 Å². The van der Waals surface area contributed by atoms with Crippen LogP contribution in [-0.4, -0.2) is 0 Å². The Hall–Kier alpha value is -3.72. The maximum Gasteiger partial charge on any atom is 0.344 e. The van der Waals surface area contributed by atoms with Crippen molar-refractivity contribution in [1.82, 2.24) is 0 Å². The molecule has 0 spiro atoms. The third-order valence-electron chi connectivity index (χ3n) is 6.06. The Balaban J connectivity index is 2.06. The van der Waals surface area contributed by atoms with Crippen molar-refractivity contribution in [2.45, 2.75) is 0 Å². The Morgan fingerprint density at radius 3 is 2.21 bits per heavy atom. The van der Waals surface area contributed by atoms with Gasteiger partial charge in [0, 0.05) is 10.8 Å². The number of halogens is 1. The van der Waals surface area contributed by atoms with Crippen LogP contribution in [0.3, 0.4) is 0 Å². The fraction of sp³-hybridized carbons (Fsp3) is 0. The zero-order chi connectivity index (χ0) is 18.6. The van der Waals surface area contributed by atoms with Gasteiger partial charge in [-0.05, 0) is 61.3 Å². The zero-order valence-electron chi connectivity index (χ0n) is 14.5. The van der Waals surface area contributed by atoms with Crippen LogP contribution in [0.4, 0.5) is 4.39 Å². The van der Waals surface area contributed by atoms with Crippen molar-refractivity contribution >= 4 is 64.8 Å². The summed E-state index contributed by atoms with van der Waals surface area (Å²) in [6.45, 7) is 0. The summed E-state index contributed by atoms with van der Waals surface area (Å²) in [5.41, 5.74) is 0.207. The lowest BCUT2D eigenvalue weighted by Crippen LogP contribution is -2.03. The Labute approximate surface area is 157 Å². The fourth-order valence-corrected chi connectivity index (χ4v) is 5.02. The Kier molecular flexibility index (Phi) is 2.34. The highest BCUT2D eigenvalue weighted by molar-refractivity contribution is 6.43. The number of hydrogen-bond donors (Lipinski definition) is 0. The summed E-state index contributed by atoms with van der Waals surface area (Å²) in [7, 11) is 0. The molecule has 0 atom stereocenters. The van der Waals surface area contributed by atoms with E-state index in [1.54, 1.807) is 6.07 Å². The second kappa shape index (κ2) is 4.57. The molecule has 0 aliphatic carbocycles. The van der Waals surface area contributed by atoms with Crippen LogP contribution in [0.5, 0.6) is 0 Å². The summed E-state index contributed by atoms with van der Waals surface area (Å²) in [6.07, 6.45) is 0. The van der Waals surface area contributed by atoms with Gasteiger partial charge in [0.2, 0.25) is 0 Å². The van der Waals surface area contributed by atoms with E-state index >= 15 is 0 Å². The van der Waals surface area contributed by atoms with Gasteiger partial charge in [-0.15, -0.1) is 0 Å². The summed E-state index contributed by atoms with van der Waals surface area (Å²) in [6, 6.07) is 20.8. The number of benzene rings is 6. The van der Waals surface area contributed by atoms with E-state index in [4.69, 9.17) is 4.42 Å². The molecule has 0 saturated carbocycles. The standard InChI is InChI=1S/C25H11FO2/c26-13-8-10-17-18(11-13)16-9-7-12-3-1-4-14-15-5-2-6-19-21(15)24(22(16)20(12)14)23(17)25(27)28-19/h1-11H. The number of rotatable bonds is 0. The predicted octanol–water partition coefficient (Wildman–Crippen LogP) is 6.57. The third-order valence-corrected chi connectivity index (χ3v) is 6.06. The van der Waals surface area contributed by atoms with Gasteiger partial charge in [-0.3, -0.25) is 0 Å². The summed E-state index contributed by atoms with van der Waals surface area (Å²) < 4.78 is 19.9. The fourth-order valence-electron chi connectivity index (χ4n) is 5.02. The van der Waals surface area contributed by atoms with E-state index in [2.05, 4.69) is 24.3 Å². The Morgan fingerprint density at radius 1 is 0.607 bits per heavy atom. The van der Waals surface area contributed by atoms with Crippen molar-refractivity contribution in [3.63, 3.8) is 0 Å². The average molecular weight is 362 g/mol. The molecule has 3 heteroatoms. The molecule has 7 aromatic rings. The molecule has 0 unspecified atom stereocenters. The molecule has 1 heterocycles. The van der Waals surface area contributed by atoms with Crippen LogP contribution < -0.4 is 5.63 Å². The van der Waals surface area contributed by atoms with Crippen molar-refractivity contribution in [3.8, 4) is 0 Å². The SMILES string of the molecule is O=c1oc2cccc3c4cccc5ccc6c7cc(F)ccc7c1c(c23)c6c54. The molecule has 0 amide bonds. The van der Waals surface area contributed by atoms with Crippen LogP contribution in [0.15, 0.2) is 75.9 Å². The van der Waals surface area contributed by atoms with Crippen LogP contribution in [0.1, 0.15) is 0 Å². The summed E-state index contributed by atoms with van der Waals surface area (Å²) in [5, 5.41) is 10.3. The molecule has 2 nitrogen and oxygen atoms in total. The first-order valence-electron chi connectivity index (χ1n) is 9.19. The van der Waals surface area contributed by atoms with Gasteiger partial charge < -0.3 is 4.42 Å². The van der Waals surface area contributed by atoms with E-state index in [1.807, 2.05) is 24.3 Å². The van der Waals surface area contributed by atoms with Gasteiger partial charge in [0.15, 0.2) is 0 Å². The molecule has 0 bridgehead atoms. The summed E-state index contributed by atoms with van der Waals surface area (Å²) in [4.78, 5) is 13.0. The Bertz CT molecular complexity index is 1790. The molecule has 0 fully saturated rings. The van der Waals surface area contributed by atoms with E-state index in [1.165, 1.54) is 12.1 Å². The van der Waals surface area contributed by atoms with Crippen LogP contribution in [0.25, 0.3) is 64.8 Å². The highest BCUT2D eigenvalue weighted by atomic mass is 19.1. The van der Waals surface area contributed by atoms with E-state index in [0.717, 1.165) is 53.9 Å². The first-order valence-corrected chi connectivity index (χ1v) is 9.19. The second-order valence-electron chi connectivity index (χ2n) is 7.40. The van der Waals surface area contributed by atoms with Crippen molar-refractivity contribution < 1.29 is 8.81 Å². The normalized spacial score (nSPS) is 12.6. The lowest BCUT2D eigenvalue weighted by molar-refractivity contribution is 0.570. The molecule has 0 N–H and O–H groups in total. The molecule has 1 aromatic heterocycles. The van der Waals surface area contributed by atoms with Crippen molar-refractivity contribution in [2.75, 3.05) is 0 Å². The molecule has 6 aromatic carbocycles. The lowest BCUT2D eigenvalue weighted by Gasteiger charge is -2.18. The van der Waals surface area contributed by atoms with Crippen molar-refractivity contribution in [1.29, 1.82) is 0 Å². The van der Waals surface area contributed by atoms with Crippen LogP contribution in [0.2, 0.25) is 0 Å². The van der Waals surface area contributed by atoms with Gasteiger partial charge in [0.05, 0.1) is 5.39 Å². The maximum atomic E-state index is 14.1. The molecule has 0 aliphatic rings. The van der Waals surface area contributed by atoms with Crippen LogP contribution in [0, 0.1) is 5.82 Å². The third kappa shape index (κ3) is 1.49. The van der Waals surface area contributed by atoms with E-state index in [0.29, 0.717) is 11.0 Å². The maximum absolute atomic E-state index is 14.1. The zero-order valence-corrected chi connectivity index (χ0v) is 14.5. The smallest absolute Gasteiger partial charge is 0.344 e. The molecule has 0 saturated heterocycles. The van der Waals surface area contributed by atoms with Gasteiger partial charge in [-0.25, -0.2) is 9.18 Å².